The van der Waals surface area contributed by atoms with Gasteiger partial charge in [0.15, 0.2) is 34.9 Å². The van der Waals surface area contributed by atoms with Gasteiger partial charge in [-0.2, -0.15) is 0 Å². The van der Waals surface area contributed by atoms with Crippen LogP contribution in [0.4, 0.5) is 0 Å². The Hall–Kier alpha value is -13.9. The Morgan fingerprint density at radius 3 is 1.05 bits per heavy atom. The van der Waals surface area contributed by atoms with Crippen molar-refractivity contribution >= 4 is 131 Å². The molecule has 0 radical (unpaired) electrons. The zero-order chi connectivity index (χ0) is 69.8. The fraction of sp³-hybridized carbons (Fsp3) is 0. The molecule has 22 aromatic rings. The normalized spacial score (nSPS) is 11.8. The lowest BCUT2D eigenvalue weighted by Gasteiger charge is -2.10. The Kier molecular flexibility index (Phi) is 14.3. The van der Waals surface area contributed by atoms with Gasteiger partial charge in [0, 0.05) is 98.7 Å². The van der Waals surface area contributed by atoms with E-state index in [-0.39, 0.29) is 0 Å². The number of para-hydroxylation sites is 6. The maximum absolute atomic E-state index is 6.69. The smallest absolute Gasteiger partial charge is 0.164 e. The number of hydrogen-bond acceptors (Lipinski definition) is 14. The Morgan fingerprint density at radius 1 is 0.198 bits per heavy atom. The molecule has 0 saturated heterocycles. The minimum atomic E-state index is 0.567. The number of aromatic nitrogens is 8. The van der Waals surface area contributed by atoms with Crippen LogP contribution in [0.5, 0.6) is 0 Å². The summed E-state index contributed by atoms with van der Waals surface area (Å²) in [6, 6.07) is 107. The van der Waals surface area contributed by atoms with Crippen LogP contribution < -0.4 is 0 Å². The van der Waals surface area contributed by atoms with Crippen LogP contribution in [0, 0.1) is 0 Å². The molecule has 106 heavy (non-hydrogen) atoms. The van der Waals surface area contributed by atoms with E-state index in [0.717, 1.165) is 176 Å². The first-order valence-corrected chi connectivity index (χ1v) is 36.4. The lowest BCUT2D eigenvalue weighted by atomic mass is 9.99. The van der Waals surface area contributed by atoms with Crippen molar-refractivity contribution in [3.63, 3.8) is 0 Å². The largest absolute Gasteiger partial charge is 0.456 e. The van der Waals surface area contributed by atoms with Gasteiger partial charge >= 0.3 is 0 Å². The highest BCUT2D eigenvalue weighted by molar-refractivity contribution is 7.22. The molecular weight excluding hydrogens is 1350 g/mol. The number of benzene rings is 14. The summed E-state index contributed by atoms with van der Waals surface area (Å²) in [7, 11) is 0. The molecule has 0 atom stereocenters. The predicted octanol–water partition coefficient (Wildman–Crippen LogP) is 25.2. The van der Waals surface area contributed by atoms with E-state index in [1.165, 1.54) is 9.40 Å². The summed E-state index contributed by atoms with van der Waals surface area (Å²) in [5.41, 5.74) is 20.2. The molecule has 0 fully saturated rings. The molecule has 22 rings (SSSR count). The molecule has 12 nitrogen and oxygen atoms in total. The van der Waals surface area contributed by atoms with E-state index in [2.05, 4.69) is 158 Å². The Labute approximate surface area is 611 Å². The first-order chi connectivity index (χ1) is 52.5. The minimum Gasteiger partial charge on any atom is -0.456 e. The lowest BCUT2D eigenvalue weighted by molar-refractivity contribution is 0.668. The third-order valence-electron chi connectivity index (χ3n) is 19.6. The Bertz CT molecular complexity index is 7160. The van der Waals surface area contributed by atoms with Crippen LogP contribution in [-0.4, -0.2) is 39.9 Å². The number of nitrogens with zero attached hydrogens (tertiary/aromatic N) is 8. The van der Waals surface area contributed by atoms with Gasteiger partial charge in [-0.05, 0) is 83.9 Å². The van der Waals surface area contributed by atoms with Gasteiger partial charge in [0.1, 0.15) is 54.7 Å². The third kappa shape index (κ3) is 10.5. The van der Waals surface area contributed by atoms with Crippen molar-refractivity contribution in [2.24, 2.45) is 0 Å². The Morgan fingerprint density at radius 2 is 0.538 bits per heavy atom. The van der Waals surface area contributed by atoms with Crippen LogP contribution in [0.25, 0.3) is 220 Å². The highest BCUT2D eigenvalue weighted by Gasteiger charge is 2.25. The molecule has 14 heteroatoms. The summed E-state index contributed by atoms with van der Waals surface area (Å²) < 4.78 is 28.1. The maximum Gasteiger partial charge on any atom is 0.164 e. The Balaban J connectivity index is 0.000000136. The number of thiazole rings is 2. The van der Waals surface area contributed by atoms with Crippen molar-refractivity contribution in [2.75, 3.05) is 0 Å². The summed E-state index contributed by atoms with van der Waals surface area (Å²) >= 11 is 3.41. The first kappa shape index (κ1) is 60.8. The zero-order valence-corrected chi connectivity index (χ0v) is 57.7. The fourth-order valence-electron chi connectivity index (χ4n) is 14.6. The standard InChI is InChI=1S/2C46H26N4O2S/c1-2-11-28(12-3-1)43-48-44(33-16-9-20-37-40(33)31-13-4-6-19-36(31)51-37)50-45(49-43)34-17-10-21-38-41(34)32-15-8-14-30(42(32)52-38)27-23-25-29(26-24-27)46-47-35-18-5-7-22-39(35)53-46;1-2-10-28(11-3-1)43-48-44(30-24-25-38-35(26-30)32-12-4-6-17-37(32)51-38)50-45(49-43)34-15-9-18-39-41(34)33-14-8-13-31(42(33)52-39)27-20-22-29(23-21-27)46-47-36-16-5-7-19-40(36)53-46/h2*1-26H. The van der Waals surface area contributed by atoms with E-state index in [0.29, 0.717) is 34.9 Å². The summed E-state index contributed by atoms with van der Waals surface area (Å²) in [6.07, 6.45) is 0. The maximum atomic E-state index is 6.69. The molecule has 0 aliphatic carbocycles. The second-order valence-corrected chi connectivity index (χ2v) is 28.0. The molecule has 0 unspecified atom stereocenters. The monoisotopic (exact) mass is 1400 g/mol. The van der Waals surface area contributed by atoms with Gasteiger partial charge in [-0.3, -0.25) is 0 Å². The molecule has 0 aliphatic rings. The third-order valence-corrected chi connectivity index (χ3v) is 21.8. The van der Waals surface area contributed by atoms with Crippen molar-refractivity contribution in [2.45, 2.75) is 0 Å². The van der Waals surface area contributed by atoms with Crippen LogP contribution >= 0.6 is 22.7 Å². The lowest BCUT2D eigenvalue weighted by Crippen LogP contribution is -2.00. The SMILES string of the molecule is c1ccc(-c2nc(-c3ccc4oc5ccccc5c4c3)nc(-c3cccc4oc5c(-c6ccc(-c7nc8ccccc8s7)cc6)cccc5c34)n2)cc1.c1ccc(-c2nc(-c3cccc4oc5ccccc5c34)nc(-c3cccc4oc5c(-c6ccc(-c7nc8ccccc8s7)cc6)cccc5c34)n2)cc1. The quantitative estimate of drug-likeness (QED) is 0.128. The van der Waals surface area contributed by atoms with Gasteiger partial charge in [0.25, 0.3) is 0 Å². The summed E-state index contributed by atoms with van der Waals surface area (Å²) in [5.74, 6) is 3.49. The van der Waals surface area contributed by atoms with Gasteiger partial charge < -0.3 is 17.7 Å². The van der Waals surface area contributed by atoms with E-state index >= 15 is 0 Å². The van der Waals surface area contributed by atoms with Crippen LogP contribution in [0.3, 0.4) is 0 Å². The number of fused-ring (bicyclic) bond motifs is 14. The van der Waals surface area contributed by atoms with Crippen molar-refractivity contribution in [1.82, 2.24) is 39.9 Å². The molecule has 0 N–H and O–H groups in total. The highest BCUT2D eigenvalue weighted by atomic mass is 32.1. The summed E-state index contributed by atoms with van der Waals surface area (Å²) in [6.45, 7) is 0. The van der Waals surface area contributed by atoms with Gasteiger partial charge in [-0.1, -0.05) is 243 Å². The molecule has 8 heterocycles. The van der Waals surface area contributed by atoms with Crippen LogP contribution in [-0.2, 0) is 0 Å². The van der Waals surface area contributed by atoms with Gasteiger partial charge in [-0.25, -0.2) is 39.9 Å². The topological polar surface area (TPSA) is 156 Å². The predicted molar refractivity (Wildman–Crippen MR) is 429 cm³/mol. The average molecular weight is 1400 g/mol. The molecular formula is C92H52N8O4S2. The van der Waals surface area contributed by atoms with Crippen molar-refractivity contribution in [1.29, 1.82) is 0 Å². The van der Waals surface area contributed by atoms with Crippen molar-refractivity contribution in [3.8, 4) is 112 Å². The number of rotatable bonds is 10. The molecule has 0 aliphatic heterocycles. The van der Waals surface area contributed by atoms with E-state index in [9.17, 15) is 0 Å². The first-order valence-electron chi connectivity index (χ1n) is 34.8. The molecule has 0 bridgehead atoms. The zero-order valence-electron chi connectivity index (χ0n) is 56.0. The molecule has 8 aromatic heterocycles. The van der Waals surface area contributed by atoms with Gasteiger partial charge in [-0.15, -0.1) is 22.7 Å². The van der Waals surface area contributed by atoms with E-state index in [4.69, 9.17) is 57.5 Å². The van der Waals surface area contributed by atoms with Crippen LogP contribution in [0.2, 0.25) is 0 Å². The van der Waals surface area contributed by atoms with E-state index in [1.54, 1.807) is 22.7 Å². The second kappa shape index (κ2) is 25.0. The van der Waals surface area contributed by atoms with Crippen molar-refractivity contribution in [3.05, 3.63) is 315 Å². The van der Waals surface area contributed by atoms with E-state index in [1.807, 2.05) is 158 Å². The molecule has 0 amide bonds. The molecule has 496 valence electrons. The van der Waals surface area contributed by atoms with Crippen molar-refractivity contribution < 1.29 is 17.7 Å². The fourth-order valence-corrected chi connectivity index (χ4v) is 16.5. The number of furan rings is 4. The minimum absolute atomic E-state index is 0.567. The molecule has 0 spiro atoms. The summed E-state index contributed by atoms with van der Waals surface area (Å²) in [5, 5.41) is 9.99. The van der Waals surface area contributed by atoms with E-state index < -0.39 is 0 Å². The average Bonchev–Trinajstić information content (AvgIpc) is 1.59. The van der Waals surface area contributed by atoms with Gasteiger partial charge in [0.2, 0.25) is 0 Å². The van der Waals surface area contributed by atoms with Gasteiger partial charge in [0.05, 0.1) is 20.4 Å². The summed E-state index contributed by atoms with van der Waals surface area (Å²) in [4.78, 5) is 40.3. The number of hydrogen-bond donors (Lipinski definition) is 0. The van der Waals surface area contributed by atoms with Crippen LogP contribution in [0.15, 0.2) is 333 Å². The highest BCUT2D eigenvalue weighted by Crippen LogP contribution is 2.45. The molecule has 0 saturated carbocycles. The van der Waals surface area contributed by atoms with Crippen LogP contribution in [0.1, 0.15) is 0 Å². The molecule has 14 aromatic carbocycles. The second-order valence-electron chi connectivity index (χ2n) is 26.0.